The van der Waals surface area contributed by atoms with Crippen LogP contribution in [0.15, 0.2) is 72.9 Å². The molecule has 3 N–H and O–H groups in total. The molecule has 0 saturated heterocycles. The van der Waals surface area contributed by atoms with Crippen molar-refractivity contribution in [1.82, 2.24) is 5.32 Å². The van der Waals surface area contributed by atoms with Crippen molar-refractivity contribution in [3.8, 4) is 0 Å². The summed E-state index contributed by atoms with van der Waals surface area (Å²) >= 11 is 0. The maximum absolute atomic E-state index is 12.1. The van der Waals surface area contributed by atoms with Gasteiger partial charge in [0, 0.05) is 19.4 Å². The summed E-state index contributed by atoms with van der Waals surface area (Å²) in [4.78, 5) is 33.8. The number of ether oxygens (including phenoxy) is 1. The zero-order valence-corrected chi connectivity index (χ0v) is 34.1. The van der Waals surface area contributed by atoms with E-state index in [4.69, 9.17) is 13.8 Å². The van der Waals surface area contributed by atoms with Gasteiger partial charge >= 0.3 is 13.8 Å². The summed E-state index contributed by atoms with van der Waals surface area (Å²) in [5.74, 6) is -0.607. The summed E-state index contributed by atoms with van der Waals surface area (Å²) in [7, 11) is -4.43. The number of allylic oxidation sites excluding steroid dienone is 12. The molecule has 0 aliphatic carbocycles. The Morgan fingerprint density at radius 2 is 1.06 bits per heavy atom. The Labute approximate surface area is 322 Å². The zero-order valence-electron chi connectivity index (χ0n) is 33.2. The molecule has 0 aromatic heterocycles. The second-order valence-electron chi connectivity index (χ2n) is 13.2. The van der Waals surface area contributed by atoms with Gasteiger partial charge in [0.05, 0.1) is 13.2 Å². The number of aliphatic hydroxyl groups is 1. The van der Waals surface area contributed by atoms with Gasteiger partial charge in [0.25, 0.3) is 0 Å². The van der Waals surface area contributed by atoms with Gasteiger partial charge in [-0.15, -0.1) is 0 Å². The van der Waals surface area contributed by atoms with Crippen molar-refractivity contribution in [2.75, 3.05) is 26.4 Å². The molecule has 10 heteroatoms. The molecule has 0 aliphatic heterocycles. The van der Waals surface area contributed by atoms with Crippen LogP contribution in [0.4, 0.5) is 0 Å². The minimum atomic E-state index is -4.43. The van der Waals surface area contributed by atoms with E-state index in [1.54, 1.807) is 0 Å². The fraction of sp³-hybridized carbons (Fsp3) is 0.674. The highest BCUT2D eigenvalue weighted by Crippen LogP contribution is 2.42. The SMILES string of the molecule is CC/C=C\C/C=C\C/C=C\C/C=C\C/C=C\C/C=C\CCC(=O)OCC(O)COP(=O)(O)OCCNC(=O)CCCCCCCCCCCCCCC. The Bertz CT molecular complexity index is 1100. The van der Waals surface area contributed by atoms with Crippen LogP contribution in [0.3, 0.4) is 0 Å². The second kappa shape index (κ2) is 39.2. The molecule has 304 valence electrons. The van der Waals surface area contributed by atoms with E-state index in [9.17, 15) is 24.2 Å². The number of aliphatic hydroxyl groups excluding tert-OH is 1. The summed E-state index contributed by atoms with van der Waals surface area (Å²) in [6.07, 6.45) is 47.0. The zero-order chi connectivity index (χ0) is 38.9. The predicted octanol–water partition coefficient (Wildman–Crippen LogP) is 11.1. The lowest BCUT2D eigenvalue weighted by Crippen LogP contribution is -2.27. The predicted molar refractivity (Wildman–Crippen MR) is 219 cm³/mol. The molecular weight excluding hydrogens is 689 g/mol. The number of rotatable bonds is 37. The van der Waals surface area contributed by atoms with Gasteiger partial charge in [-0.2, -0.15) is 0 Å². The van der Waals surface area contributed by atoms with Gasteiger partial charge in [-0.05, 0) is 51.4 Å². The molecule has 0 radical (unpaired) electrons. The van der Waals surface area contributed by atoms with Crippen molar-refractivity contribution < 1.29 is 37.9 Å². The topological polar surface area (TPSA) is 131 Å². The van der Waals surface area contributed by atoms with Gasteiger partial charge in [-0.25, -0.2) is 4.57 Å². The number of amides is 1. The van der Waals surface area contributed by atoms with Crippen LogP contribution in [0.5, 0.6) is 0 Å². The number of nitrogens with one attached hydrogen (secondary N) is 1. The van der Waals surface area contributed by atoms with Crippen LogP contribution < -0.4 is 5.32 Å². The molecule has 53 heavy (non-hydrogen) atoms. The molecule has 0 aliphatic rings. The Kier molecular flexibility index (Phi) is 37.3. The Morgan fingerprint density at radius 1 is 0.604 bits per heavy atom. The summed E-state index contributed by atoms with van der Waals surface area (Å²) in [6.45, 7) is 3.34. The van der Waals surface area contributed by atoms with Crippen LogP contribution in [0.2, 0.25) is 0 Å². The number of esters is 1. The highest BCUT2D eigenvalue weighted by atomic mass is 31.2. The van der Waals surface area contributed by atoms with Gasteiger partial charge < -0.3 is 20.1 Å². The first kappa shape index (κ1) is 50.5. The van der Waals surface area contributed by atoms with Crippen LogP contribution in [0.1, 0.15) is 155 Å². The van der Waals surface area contributed by atoms with Crippen molar-refractivity contribution in [1.29, 1.82) is 0 Å². The third kappa shape index (κ3) is 40.5. The molecule has 0 spiro atoms. The first-order valence-electron chi connectivity index (χ1n) is 20.4. The minimum Gasteiger partial charge on any atom is -0.463 e. The summed E-state index contributed by atoms with van der Waals surface area (Å²) < 4.78 is 26.7. The lowest BCUT2D eigenvalue weighted by molar-refractivity contribution is -0.147. The van der Waals surface area contributed by atoms with Crippen molar-refractivity contribution >= 4 is 19.7 Å². The van der Waals surface area contributed by atoms with Crippen LogP contribution in [-0.4, -0.2) is 54.3 Å². The first-order chi connectivity index (χ1) is 25.8. The van der Waals surface area contributed by atoms with Gasteiger partial charge in [-0.3, -0.25) is 18.6 Å². The fourth-order valence-electron chi connectivity index (χ4n) is 5.11. The largest absolute Gasteiger partial charge is 0.472 e. The maximum atomic E-state index is 12.1. The van der Waals surface area contributed by atoms with E-state index in [-0.39, 0.29) is 32.1 Å². The van der Waals surface area contributed by atoms with E-state index in [1.807, 2.05) is 12.2 Å². The molecule has 2 atom stereocenters. The van der Waals surface area contributed by atoms with E-state index >= 15 is 0 Å². The Hall–Kier alpha value is -2.55. The number of carbonyl (C=O) groups excluding carboxylic acids is 2. The standard InChI is InChI=1S/C43H74NO8P/c1-3-5-7-9-11-13-15-17-18-19-20-21-22-24-26-28-30-32-34-36-43(47)50-39-41(45)40-52-53(48,49)51-38-37-44-42(46)35-33-31-29-27-25-23-16-14-12-10-8-6-4-2/h5,7,11,13,17-18,20-21,24,26,30,32,41,45H,3-4,6,8-10,12,14-16,19,22-23,25,27-29,31,33-40H2,1-2H3,(H,44,46)(H,48,49)/b7-5-,13-11-,18-17-,21-20-,26-24-,32-30-. The van der Waals surface area contributed by atoms with E-state index in [0.717, 1.165) is 57.8 Å². The monoisotopic (exact) mass is 764 g/mol. The number of carbonyl (C=O) groups is 2. The van der Waals surface area contributed by atoms with Crippen LogP contribution in [0, 0.1) is 0 Å². The maximum Gasteiger partial charge on any atom is 0.472 e. The van der Waals surface area contributed by atoms with Gasteiger partial charge in [0.2, 0.25) is 5.91 Å². The lowest BCUT2D eigenvalue weighted by atomic mass is 10.0. The molecule has 0 saturated carbocycles. The van der Waals surface area contributed by atoms with Gasteiger partial charge in [0.1, 0.15) is 12.7 Å². The smallest absolute Gasteiger partial charge is 0.463 e. The number of phosphoric acid groups is 1. The molecule has 0 fully saturated rings. The summed E-state index contributed by atoms with van der Waals surface area (Å²) in [5.41, 5.74) is 0. The van der Waals surface area contributed by atoms with Crippen LogP contribution in [-0.2, 0) is 27.9 Å². The first-order valence-corrected chi connectivity index (χ1v) is 21.9. The molecule has 9 nitrogen and oxygen atoms in total. The number of unbranched alkanes of at least 4 members (excludes halogenated alkanes) is 12. The Balaban J connectivity index is 3.74. The average molecular weight is 764 g/mol. The van der Waals surface area contributed by atoms with E-state index in [2.05, 4.69) is 79.9 Å². The van der Waals surface area contributed by atoms with E-state index < -0.39 is 26.5 Å². The summed E-state index contributed by atoms with van der Waals surface area (Å²) in [6, 6.07) is 0. The normalized spacial score (nSPS) is 14.1. The molecule has 0 aromatic carbocycles. The molecule has 0 rings (SSSR count). The van der Waals surface area contributed by atoms with Crippen LogP contribution in [0.25, 0.3) is 0 Å². The number of phosphoric ester groups is 1. The minimum absolute atomic E-state index is 0.0715. The van der Waals surface area contributed by atoms with E-state index in [0.29, 0.717) is 12.8 Å². The fourth-order valence-corrected chi connectivity index (χ4v) is 5.87. The molecule has 0 aromatic rings. The second-order valence-corrected chi connectivity index (χ2v) is 14.7. The van der Waals surface area contributed by atoms with Gasteiger partial charge in [-0.1, -0.05) is 164 Å². The van der Waals surface area contributed by atoms with Crippen molar-refractivity contribution in [2.24, 2.45) is 0 Å². The lowest BCUT2D eigenvalue weighted by Gasteiger charge is -2.15. The van der Waals surface area contributed by atoms with E-state index in [1.165, 1.54) is 64.2 Å². The molecule has 0 bridgehead atoms. The molecular formula is C43H74NO8P. The molecule has 0 heterocycles. The molecule has 2 unspecified atom stereocenters. The number of hydrogen-bond acceptors (Lipinski definition) is 7. The van der Waals surface area contributed by atoms with Crippen LogP contribution >= 0.6 is 7.82 Å². The van der Waals surface area contributed by atoms with Crippen molar-refractivity contribution in [3.63, 3.8) is 0 Å². The third-order valence-electron chi connectivity index (χ3n) is 8.16. The number of hydrogen-bond donors (Lipinski definition) is 3. The highest BCUT2D eigenvalue weighted by molar-refractivity contribution is 7.47. The average Bonchev–Trinajstić information content (AvgIpc) is 3.14. The molecule has 1 amide bonds. The quantitative estimate of drug-likeness (QED) is 0.0247. The highest BCUT2D eigenvalue weighted by Gasteiger charge is 2.23. The Morgan fingerprint density at radius 3 is 1.55 bits per heavy atom. The summed E-state index contributed by atoms with van der Waals surface area (Å²) in [5, 5.41) is 12.7. The van der Waals surface area contributed by atoms with Crippen molar-refractivity contribution in [3.05, 3.63) is 72.9 Å². The van der Waals surface area contributed by atoms with Crippen molar-refractivity contribution in [2.45, 2.75) is 161 Å². The third-order valence-corrected chi connectivity index (χ3v) is 9.15. The van der Waals surface area contributed by atoms with Gasteiger partial charge in [0.15, 0.2) is 0 Å².